The van der Waals surface area contributed by atoms with Gasteiger partial charge < -0.3 is 5.32 Å². The van der Waals surface area contributed by atoms with Crippen LogP contribution in [-0.4, -0.2) is 19.6 Å². The van der Waals surface area contributed by atoms with Gasteiger partial charge in [0, 0.05) is 5.02 Å². The average Bonchev–Trinajstić information content (AvgIpc) is 2.66. The highest BCUT2D eigenvalue weighted by Gasteiger charge is 2.18. The van der Waals surface area contributed by atoms with Crippen molar-refractivity contribution in [3.8, 4) is 0 Å². The Labute approximate surface area is 166 Å². The van der Waals surface area contributed by atoms with Gasteiger partial charge in [-0.25, -0.2) is 28.1 Å². The molecule has 0 saturated carbocycles. The molecule has 8 nitrogen and oxygen atoms in total. The van der Waals surface area contributed by atoms with E-state index in [0.717, 1.165) is 9.13 Å². The van der Waals surface area contributed by atoms with Gasteiger partial charge in [-0.3, -0.25) is 4.79 Å². The lowest BCUT2D eigenvalue weighted by molar-refractivity contribution is -0.122. The van der Waals surface area contributed by atoms with E-state index in [1.165, 1.54) is 12.2 Å². The van der Waals surface area contributed by atoms with Gasteiger partial charge in [-0.05, 0) is 18.6 Å². The normalized spacial score (nSPS) is 11.6. The summed E-state index contributed by atoms with van der Waals surface area (Å²) in [5.41, 5.74) is -1.84. The second-order valence-electron chi connectivity index (χ2n) is 6.04. The standard InChI is InChI=1S/C19H21ClN4O4/c1-4-10-22-17(26)23(11-5-2)19(28)24(18(22)27)12-16(25)21-13(3)14-8-6-7-9-15(14)20/h4-9,13H,1-2,10-12H2,3H3,(H,21,25)/t13-/m1/s1. The Morgan fingerprint density at radius 1 is 1.04 bits per heavy atom. The van der Waals surface area contributed by atoms with Gasteiger partial charge in [0.25, 0.3) is 0 Å². The summed E-state index contributed by atoms with van der Waals surface area (Å²) < 4.78 is 2.38. The molecule has 1 aromatic heterocycles. The maximum atomic E-state index is 12.5. The van der Waals surface area contributed by atoms with E-state index in [4.69, 9.17) is 11.6 Å². The Morgan fingerprint density at radius 3 is 2.04 bits per heavy atom. The van der Waals surface area contributed by atoms with Crippen LogP contribution in [0.5, 0.6) is 0 Å². The number of amides is 1. The summed E-state index contributed by atoms with van der Waals surface area (Å²) in [5, 5.41) is 3.18. The summed E-state index contributed by atoms with van der Waals surface area (Å²) >= 11 is 6.13. The Kier molecular flexibility index (Phi) is 6.94. The highest BCUT2D eigenvalue weighted by Crippen LogP contribution is 2.21. The molecular weight excluding hydrogens is 384 g/mol. The number of rotatable bonds is 8. The molecule has 0 radical (unpaired) electrons. The number of hydrogen-bond donors (Lipinski definition) is 1. The van der Waals surface area contributed by atoms with Crippen molar-refractivity contribution in [3.05, 3.63) is 91.6 Å². The van der Waals surface area contributed by atoms with Crippen molar-refractivity contribution in [2.75, 3.05) is 0 Å². The van der Waals surface area contributed by atoms with Gasteiger partial charge in [-0.2, -0.15) is 0 Å². The van der Waals surface area contributed by atoms with Crippen LogP contribution in [0.1, 0.15) is 18.5 Å². The predicted molar refractivity (Wildman–Crippen MR) is 108 cm³/mol. The molecule has 1 N–H and O–H groups in total. The average molecular weight is 405 g/mol. The molecule has 0 aliphatic carbocycles. The van der Waals surface area contributed by atoms with Crippen molar-refractivity contribution in [2.24, 2.45) is 0 Å². The monoisotopic (exact) mass is 404 g/mol. The van der Waals surface area contributed by atoms with Crippen LogP contribution in [0, 0.1) is 0 Å². The molecule has 0 spiro atoms. The summed E-state index contributed by atoms with van der Waals surface area (Å²) in [4.78, 5) is 49.9. The topological polar surface area (TPSA) is 95.1 Å². The molecule has 1 atom stereocenters. The van der Waals surface area contributed by atoms with Crippen LogP contribution in [0.4, 0.5) is 0 Å². The lowest BCUT2D eigenvalue weighted by Crippen LogP contribution is -2.55. The Balaban J connectivity index is 2.38. The Morgan fingerprint density at radius 2 is 1.54 bits per heavy atom. The summed E-state index contributed by atoms with van der Waals surface area (Å²) in [6.45, 7) is 8.01. The third-order valence-corrected chi connectivity index (χ3v) is 4.40. The Bertz CT molecular complexity index is 1030. The summed E-state index contributed by atoms with van der Waals surface area (Å²) in [6, 6.07) is 6.58. The van der Waals surface area contributed by atoms with E-state index in [1.807, 2.05) is 0 Å². The smallest absolute Gasteiger partial charge is 0.337 e. The number of carbonyl (C=O) groups excluding carboxylic acids is 1. The fourth-order valence-electron chi connectivity index (χ4n) is 2.72. The number of carbonyl (C=O) groups is 1. The lowest BCUT2D eigenvalue weighted by atomic mass is 10.1. The zero-order chi connectivity index (χ0) is 20.8. The van der Waals surface area contributed by atoms with Crippen LogP contribution in [0.2, 0.25) is 5.02 Å². The molecule has 2 rings (SSSR count). The molecule has 0 aliphatic rings. The lowest BCUT2D eigenvalue weighted by Gasteiger charge is -2.17. The van der Waals surface area contributed by atoms with Gasteiger partial charge in [-0.15, -0.1) is 13.2 Å². The molecule has 148 valence electrons. The van der Waals surface area contributed by atoms with Crippen molar-refractivity contribution in [1.82, 2.24) is 19.0 Å². The van der Waals surface area contributed by atoms with E-state index in [-0.39, 0.29) is 13.1 Å². The number of allylic oxidation sites excluding steroid dienone is 2. The van der Waals surface area contributed by atoms with E-state index in [0.29, 0.717) is 15.2 Å². The maximum Gasteiger partial charge on any atom is 0.337 e. The number of hydrogen-bond acceptors (Lipinski definition) is 4. The van der Waals surface area contributed by atoms with Gasteiger partial charge >= 0.3 is 17.1 Å². The van der Waals surface area contributed by atoms with E-state index in [2.05, 4.69) is 18.5 Å². The first-order valence-corrected chi connectivity index (χ1v) is 8.89. The zero-order valence-electron chi connectivity index (χ0n) is 15.4. The van der Waals surface area contributed by atoms with Gasteiger partial charge in [0.15, 0.2) is 0 Å². The molecule has 0 unspecified atom stereocenters. The van der Waals surface area contributed by atoms with Gasteiger partial charge in [0.05, 0.1) is 19.1 Å². The van der Waals surface area contributed by atoms with Gasteiger partial charge in [-0.1, -0.05) is 42.0 Å². The SMILES string of the molecule is C=CCn1c(=O)n(CC=C)c(=O)n(CC(=O)N[C@H](C)c2ccccc2Cl)c1=O. The van der Waals surface area contributed by atoms with Crippen LogP contribution in [0.15, 0.2) is 64.0 Å². The maximum absolute atomic E-state index is 12.5. The van der Waals surface area contributed by atoms with Crippen molar-refractivity contribution >= 4 is 17.5 Å². The number of nitrogens with zero attached hydrogens (tertiary/aromatic N) is 3. The van der Waals surface area contributed by atoms with E-state index < -0.39 is 35.6 Å². The third kappa shape index (κ3) is 4.40. The fourth-order valence-corrected chi connectivity index (χ4v) is 3.02. The second-order valence-corrected chi connectivity index (χ2v) is 6.45. The first-order valence-electron chi connectivity index (χ1n) is 8.51. The summed E-state index contributed by atoms with van der Waals surface area (Å²) in [6.07, 6.45) is 2.71. The van der Waals surface area contributed by atoms with Gasteiger partial charge in [0.2, 0.25) is 5.91 Å². The number of halogens is 1. The third-order valence-electron chi connectivity index (χ3n) is 4.06. The minimum Gasteiger partial charge on any atom is -0.348 e. The van der Waals surface area contributed by atoms with Crippen molar-refractivity contribution < 1.29 is 4.79 Å². The first-order chi connectivity index (χ1) is 13.3. The predicted octanol–water partition coefficient (Wildman–Crippen LogP) is 1.07. The highest BCUT2D eigenvalue weighted by atomic mass is 35.5. The largest absolute Gasteiger partial charge is 0.348 e. The molecule has 0 saturated heterocycles. The Hall–Kier alpha value is -3.13. The number of nitrogens with one attached hydrogen (secondary N) is 1. The number of aromatic nitrogens is 3. The van der Waals surface area contributed by atoms with Crippen LogP contribution < -0.4 is 22.4 Å². The molecule has 0 aliphatic heterocycles. The molecule has 1 aromatic carbocycles. The first kappa shape index (κ1) is 21.2. The van der Waals surface area contributed by atoms with Crippen LogP contribution in [-0.2, 0) is 24.4 Å². The zero-order valence-corrected chi connectivity index (χ0v) is 16.2. The molecule has 9 heteroatoms. The van der Waals surface area contributed by atoms with E-state index in [9.17, 15) is 19.2 Å². The number of benzene rings is 1. The van der Waals surface area contributed by atoms with Crippen molar-refractivity contribution in [1.29, 1.82) is 0 Å². The van der Waals surface area contributed by atoms with Crippen molar-refractivity contribution in [3.63, 3.8) is 0 Å². The van der Waals surface area contributed by atoms with Crippen LogP contribution in [0.3, 0.4) is 0 Å². The quantitative estimate of drug-likeness (QED) is 0.666. The molecular formula is C19H21ClN4O4. The minimum absolute atomic E-state index is 0.0905. The minimum atomic E-state index is -0.879. The molecule has 2 aromatic rings. The van der Waals surface area contributed by atoms with Crippen LogP contribution >= 0.6 is 11.6 Å². The molecule has 0 fully saturated rings. The van der Waals surface area contributed by atoms with Crippen LogP contribution in [0.25, 0.3) is 0 Å². The highest BCUT2D eigenvalue weighted by molar-refractivity contribution is 6.31. The fraction of sp³-hybridized carbons (Fsp3) is 0.263. The summed E-state index contributed by atoms with van der Waals surface area (Å²) in [5.74, 6) is -0.569. The van der Waals surface area contributed by atoms with Gasteiger partial charge in [0.1, 0.15) is 6.54 Å². The molecule has 28 heavy (non-hydrogen) atoms. The van der Waals surface area contributed by atoms with E-state index >= 15 is 0 Å². The second kappa shape index (κ2) is 9.18. The molecule has 1 amide bonds. The van der Waals surface area contributed by atoms with Crippen molar-refractivity contribution in [2.45, 2.75) is 32.6 Å². The molecule has 0 bridgehead atoms. The molecule has 1 heterocycles. The summed E-state index contributed by atoms with van der Waals surface area (Å²) in [7, 11) is 0. The van der Waals surface area contributed by atoms with E-state index in [1.54, 1.807) is 31.2 Å².